The van der Waals surface area contributed by atoms with E-state index < -0.39 is 6.10 Å². The van der Waals surface area contributed by atoms with Crippen LogP contribution in [0.5, 0.6) is 0 Å². The number of unbranched alkanes of at least 4 members (excludes halogenated alkanes) is 19. The van der Waals surface area contributed by atoms with Crippen LogP contribution in [0.25, 0.3) is 0 Å². The molecule has 0 saturated heterocycles. The second-order valence-electron chi connectivity index (χ2n) is 17.8. The first-order valence-electron chi connectivity index (χ1n) is 27.4. The normalized spacial score (nSPS) is 12.9. The average molecular weight is 929 g/mol. The molecule has 0 radical (unpaired) electrons. The van der Waals surface area contributed by atoms with Crippen LogP contribution < -0.4 is 0 Å². The van der Waals surface area contributed by atoms with Crippen LogP contribution in [-0.2, 0) is 28.6 Å². The lowest BCUT2D eigenvalue weighted by Crippen LogP contribution is -2.30. The molecule has 380 valence electrons. The zero-order valence-electron chi connectivity index (χ0n) is 43.4. The Balaban J connectivity index is 4.23. The standard InChI is InChI=1S/C61H100O6/c1-4-7-10-13-15-17-19-21-23-24-25-26-27-28-29-30-31-32-33-34-35-36-38-39-41-43-45-48-51-54-60(63)66-57-58(56-65-59(62)53-50-47-12-9-6-3)67-61(64)55-52-49-46-44-42-40-37-22-20-18-16-14-11-8-5-2/h7,10,15,17,21,23,25-26,28-29,31-32,34-35,38-39,43,45,58H,4-6,8-9,11-14,16,18-20,22,24,27,30,33,36-37,40-42,44,46-57H2,1-3H3/b10-7-,17-15-,23-21-,26-25-,29-28-,32-31-,35-34-,39-38-,45-43-. The van der Waals surface area contributed by atoms with Crippen molar-refractivity contribution in [3.05, 3.63) is 109 Å². The van der Waals surface area contributed by atoms with E-state index in [0.29, 0.717) is 19.3 Å². The van der Waals surface area contributed by atoms with Crippen molar-refractivity contribution in [2.24, 2.45) is 0 Å². The van der Waals surface area contributed by atoms with Crippen molar-refractivity contribution in [3.63, 3.8) is 0 Å². The van der Waals surface area contributed by atoms with Gasteiger partial charge in [-0.3, -0.25) is 14.4 Å². The van der Waals surface area contributed by atoms with E-state index in [9.17, 15) is 14.4 Å². The van der Waals surface area contributed by atoms with E-state index in [4.69, 9.17) is 14.2 Å². The summed E-state index contributed by atoms with van der Waals surface area (Å²) < 4.78 is 16.6. The molecule has 0 aromatic heterocycles. The van der Waals surface area contributed by atoms with Crippen LogP contribution in [0.4, 0.5) is 0 Å². The molecule has 0 bridgehead atoms. The molecule has 0 saturated carbocycles. The van der Waals surface area contributed by atoms with Gasteiger partial charge in [-0.2, -0.15) is 0 Å². The third-order valence-electron chi connectivity index (χ3n) is 11.3. The summed E-state index contributed by atoms with van der Waals surface area (Å²) in [5, 5.41) is 0. The van der Waals surface area contributed by atoms with Crippen molar-refractivity contribution in [2.75, 3.05) is 13.2 Å². The summed E-state index contributed by atoms with van der Waals surface area (Å²) in [5.41, 5.74) is 0. The Morgan fingerprint density at radius 3 is 0.910 bits per heavy atom. The molecule has 0 amide bonds. The first kappa shape index (κ1) is 63.1. The van der Waals surface area contributed by atoms with E-state index in [1.54, 1.807) is 0 Å². The number of hydrogen-bond acceptors (Lipinski definition) is 6. The quantitative estimate of drug-likeness (QED) is 0.0262. The van der Waals surface area contributed by atoms with Crippen molar-refractivity contribution in [3.8, 4) is 0 Å². The van der Waals surface area contributed by atoms with Crippen LogP contribution in [0.1, 0.15) is 239 Å². The van der Waals surface area contributed by atoms with Crippen LogP contribution in [0.2, 0.25) is 0 Å². The molecule has 6 heteroatoms. The topological polar surface area (TPSA) is 78.9 Å². The minimum absolute atomic E-state index is 0.0960. The van der Waals surface area contributed by atoms with E-state index >= 15 is 0 Å². The maximum Gasteiger partial charge on any atom is 0.306 e. The first-order valence-corrected chi connectivity index (χ1v) is 27.4. The maximum atomic E-state index is 12.7. The van der Waals surface area contributed by atoms with E-state index in [1.165, 1.54) is 77.0 Å². The minimum atomic E-state index is -0.796. The van der Waals surface area contributed by atoms with Gasteiger partial charge in [0.15, 0.2) is 6.10 Å². The summed E-state index contributed by atoms with van der Waals surface area (Å²) in [7, 11) is 0. The number of allylic oxidation sites excluding steroid dienone is 18. The van der Waals surface area contributed by atoms with Crippen LogP contribution >= 0.6 is 0 Å². The summed E-state index contributed by atoms with van der Waals surface area (Å²) in [6.07, 6.45) is 74.1. The molecule has 1 atom stereocenters. The molecule has 0 N–H and O–H groups in total. The highest BCUT2D eigenvalue weighted by Crippen LogP contribution is 2.15. The lowest BCUT2D eigenvalue weighted by molar-refractivity contribution is -0.167. The molecular formula is C61H100O6. The van der Waals surface area contributed by atoms with Gasteiger partial charge >= 0.3 is 17.9 Å². The zero-order chi connectivity index (χ0) is 48.6. The Kier molecular flexibility index (Phi) is 51.5. The fourth-order valence-corrected chi connectivity index (χ4v) is 7.21. The Hall–Kier alpha value is -3.93. The predicted molar refractivity (Wildman–Crippen MR) is 288 cm³/mol. The lowest BCUT2D eigenvalue weighted by Gasteiger charge is -2.18. The van der Waals surface area contributed by atoms with Crippen LogP contribution in [0, 0.1) is 0 Å². The second kappa shape index (κ2) is 54.7. The Morgan fingerprint density at radius 1 is 0.313 bits per heavy atom. The van der Waals surface area contributed by atoms with Gasteiger partial charge < -0.3 is 14.2 Å². The fraction of sp³-hybridized carbons (Fsp3) is 0.656. The highest BCUT2D eigenvalue weighted by atomic mass is 16.6. The number of ether oxygens (including phenoxy) is 3. The van der Waals surface area contributed by atoms with Crippen LogP contribution in [-0.4, -0.2) is 37.2 Å². The van der Waals surface area contributed by atoms with Gasteiger partial charge in [0.05, 0.1) is 0 Å². The summed E-state index contributed by atoms with van der Waals surface area (Å²) >= 11 is 0. The molecule has 0 fully saturated rings. The third kappa shape index (κ3) is 52.9. The van der Waals surface area contributed by atoms with Gasteiger partial charge in [-0.15, -0.1) is 0 Å². The number of rotatable bonds is 48. The summed E-state index contributed by atoms with van der Waals surface area (Å²) in [5.74, 6) is -0.974. The van der Waals surface area contributed by atoms with Crippen LogP contribution in [0.15, 0.2) is 109 Å². The van der Waals surface area contributed by atoms with Crippen molar-refractivity contribution in [2.45, 2.75) is 245 Å². The zero-order valence-corrected chi connectivity index (χ0v) is 43.4. The molecule has 0 aromatic carbocycles. The molecule has 0 rings (SSSR count). The van der Waals surface area contributed by atoms with Crippen LogP contribution in [0.3, 0.4) is 0 Å². The number of esters is 3. The van der Waals surface area contributed by atoms with E-state index in [2.05, 4.69) is 130 Å². The van der Waals surface area contributed by atoms with Gasteiger partial charge in [0.1, 0.15) is 13.2 Å². The molecule has 0 aliphatic carbocycles. The largest absolute Gasteiger partial charge is 0.462 e. The smallest absolute Gasteiger partial charge is 0.306 e. The third-order valence-corrected chi connectivity index (χ3v) is 11.3. The van der Waals surface area contributed by atoms with Crippen molar-refractivity contribution >= 4 is 17.9 Å². The summed E-state index contributed by atoms with van der Waals surface area (Å²) in [4.78, 5) is 37.7. The summed E-state index contributed by atoms with van der Waals surface area (Å²) in [6, 6.07) is 0. The van der Waals surface area contributed by atoms with Gasteiger partial charge in [0.2, 0.25) is 0 Å². The predicted octanol–water partition coefficient (Wildman–Crippen LogP) is 18.3. The van der Waals surface area contributed by atoms with E-state index in [0.717, 1.165) is 116 Å². The van der Waals surface area contributed by atoms with E-state index in [-0.39, 0.29) is 37.5 Å². The molecule has 0 heterocycles. The molecule has 0 aliphatic heterocycles. The van der Waals surface area contributed by atoms with Crippen molar-refractivity contribution in [1.29, 1.82) is 0 Å². The minimum Gasteiger partial charge on any atom is -0.462 e. The molecule has 1 unspecified atom stereocenters. The molecule has 0 aromatic rings. The number of hydrogen-bond donors (Lipinski definition) is 0. The lowest BCUT2D eigenvalue weighted by atomic mass is 10.0. The molecule has 0 spiro atoms. The first-order chi connectivity index (χ1) is 33.0. The Labute approximate surface area is 412 Å². The Bertz CT molecular complexity index is 1390. The highest BCUT2D eigenvalue weighted by Gasteiger charge is 2.19. The molecule has 0 aliphatic rings. The van der Waals surface area contributed by atoms with Gasteiger partial charge in [-0.05, 0) is 83.5 Å². The van der Waals surface area contributed by atoms with Gasteiger partial charge in [0.25, 0.3) is 0 Å². The van der Waals surface area contributed by atoms with Gasteiger partial charge in [0, 0.05) is 19.3 Å². The molecular weight excluding hydrogens is 829 g/mol. The Morgan fingerprint density at radius 2 is 0.582 bits per heavy atom. The fourth-order valence-electron chi connectivity index (χ4n) is 7.21. The average Bonchev–Trinajstić information content (AvgIpc) is 3.33. The molecule has 67 heavy (non-hydrogen) atoms. The monoisotopic (exact) mass is 929 g/mol. The highest BCUT2D eigenvalue weighted by molar-refractivity contribution is 5.71. The molecule has 6 nitrogen and oxygen atoms in total. The number of carbonyl (C=O) groups is 3. The SMILES string of the molecule is CC/C=C\C/C=C\C/C=C\C/C=C\C/C=C\C/C=C\C/C=C\C/C=C\C/C=C\CCCC(=O)OCC(COC(=O)CCCCCCC)OC(=O)CCCCCCCCCCCCCCCCC. The second-order valence-corrected chi connectivity index (χ2v) is 17.8. The van der Waals surface area contributed by atoms with Gasteiger partial charge in [-0.25, -0.2) is 0 Å². The van der Waals surface area contributed by atoms with E-state index in [1.807, 2.05) is 0 Å². The summed E-state index contributed by atoms with van der Waals surface area (Å²) in [6.45, 7) is 6.39. The van der Waals surface area contributed by atoms with Gasteiger partial charge in [-0.1, -0.05) is 246 Å². The van der Waals surface area contributed by atoms with Crippen molar-refractivity contribution < 1.29 is 28.6 Å². The number of carbonyl (C=O) groups excluding carboxylic acids is 3. The maximum absolute atomic E-state index is 12.7. The van der Waals surface area contributed by atoms with Crippen molar-refractivity contribution in [1.82, 2.24) is 0 Å².